The summed E-state index contributed by atoms with van der Waals surface area (Å²) in [6.07, 6.45) is 11.2. The Morgan fingerprint density at radius 1 is 0.583 bits per heavy atom. The van der Waals surface area contributed by atoms with E-state index in [9.17, 15) is 10.2 Å². The van der Waals surface area contributed by atoms with Crippen LogP contribution in [-0.4, -0.2) is 46.8 Å². The summed E-state index contributed by atoms with van der Waals surface area (Å²) in [5, 5.41) is 19.7. The molecule has 2 N–H and O–H groups in total. The van der Waals surface area contributed by atoms with E-state index in [1.807, 2.05) is 0 Å². The fourth-order valence-corrected chi connectivity index (χ4v) is 4.80. The standard InChI is InChI=1S/C20H36O4/c1-13-10-17(6-8-19(13)21)23-15-4-3-5-16(12-15)24-18-7-9-20(22)14(2)11-18/h13-22H,3-12H2,1-2H3. The molecule has 24 heavy (non-hydrogen) atoms. The highest BCUT2D eigenvalue weighted by Crippen LogP contribution is 2.33. The lowest BCUT2D eigenvalue weighted by Gasteiger charge is -2.38. The maximum atomic E-state index is 9.87. The van der Waals surface area contributed by atoms with E-state index in [2.05, 4.69) is 13.8 Å². The minimum atomic E-state index is -0.143. The third kappa shape index (κ3) is 4.94. The Morgan fingerprint density at radius 3 is 1.42 bits per heavy atom. The highest BCUT2D eigenvalue weighted by molar-refractivity contribution is 4.83. The molecule has 8 atom stereocenters. The van der Waals surface area contributed by atoms with Crippen molar-refractivity contribution in [1.82, 2.24) is 0 Å². The number of aliphatic hydroxyl groups is 2. The first-order valence-electron chi connectivity index (χ1n) is 10.2. The van der Waals surface area contributed by atoms with Crippen LogP contribution in [0.4, 0.5) is 0 Å². The molecule has 3 aliphatic rings. The summed E-state index contributed by atoms with van der Waals surface area (Å²) < 4.78 is 12.8. The Morgan fingerprint density at radius 2 is 1.00 bits per heavy atom. The zero-order valence-corrected chi connectivity index (χ0v) is 15.4. The smallest absolute Gasteiger partial charge is 0.0603 e. The van der Waals surface area contributed by atoms with Gasteiger partial charge in [0.2, 0.25) is 0 Å². The van der Waals surface area contributed by atoms with Crippen LogP contribution in [0.5, 0.6) is 0 Å². The molecule has 0 aromatic carbocycles. The van der Waals surface area contributed by atoms with Crippen LogP contribution in [0.2, 0.25) is 0 Å². The second kappa shape index (κ2) is 8.48. The Hall–Kier alpha value is -0.160. The predicted molar refractivity (Wildman–Crippen MR) is 93.8 cm³/mol. The summed E-state index contributed by atoms with van der Waals surface area (Å²) in [5.74, 6) is 0.712. The van der Waals surface area contributed by atoms with Crippen LogP contribution >= 0.6 is 0 Å². The monoisotopic (exact) mass is 340 g/mol. The molecule has 0 radical (unpaired) electrons. The SMILES string of the molecule is CC1CC(OC2CCCC(OC3CCC(O)C(C)C3)C2)CCC1O. The molecule has 3 rings (SSSR count). The van der Waals surface area contributed by atoms with Crippen molar-refractivity contribution in [2.24, 2.45) is 11.8 Å². The molecule has 0 spiro atoms. The van der Waals surface area contributed by atoms with Gasteiger partial charge in [-0.3, -0.25) is 0 Å². The first-order chi connectivity index (χ1) is 11.5. The van der Waals surface area contributed by atoms with Crippen molar-refractivity contribution in [2.75, 3.05) is 0 Å². The summed E-state index contributed by atoms with van der Waals surface area (Å²) in [6.45, 7) is 4.26. The van der Waals surface area contributed by atoms with Crippen LogP contribution in [0.15, 0.2) is 0 Å². The number of hydrogen-bond acceptors (Lipinski definition) is 4. The van der Waals surface area contributed by atoms with Crippen molar-refractivity contribution in [3.8, 4) is 0 Å². The highest BCUT2D eigenvalue weighted by Gasteiger charge is 2.33. The topological polar surface area (TPSA) is 58.9 Å². The normalized spacial score (nSPS) is 47.5. The molecule has 0 bridgehead atoms. The van der Waals surface area contributed by atoms with E-state index in [1.165, 1.54) is 6.42 Å². The molecule has 0 saturated heterocycles. The second-order valence-corrected chi connectivity index (χ2v) is 8.64. The minimum absolute atomic E-state index is 0.143. The van der Waals surface area contributed by atoms with Gasteiger partial charge in [-0.15, -0.1) is 0 Å². The number of rotatable bonds is 4. The fourth-order valence-electron chi connectivity index (χ4n) is 4.80. The maximum absolute atomic E-state index is 9.87. The van der Waals surface area contributed by atoms with Crippen LogP contribution in [0, 0.1) is 11.8 Å². The van der Waals surface area contributed by atoms with Crippen LogP contribution < -0.4 is 0 Å². The van der Waals surface area contributed by atoms with E-state index >= 15 is 0 Å². The third-order valence-corrected chi connectivity index (χ3v) is 6.50. The molecule has 0 heterocycles. The maximum Gasteiger partial charge on any atom is 0.0603 e. The molecular weight excluding hydrogens is 304 g/mol. The predicted octanol–water partition coefficient (Wildman–Crippen LogP) is 3.43. The van der Waals surface area contributed by atoms with Gasteiger partial charge in [-0.2, -0.15) is 0 Å². The molecule has 140 valence electrons. The molecule has 3 saturated carbocycles. The van der Waals surface area contributed by atoms with Gasteiger partial charge in [-0.05, 0) is 76.0 Å². The zero-order chi connectivity index (χ0) is 17.1. The van der Waals surface area contributed by atoms with Crippen molar-refractivity contribution in [2.45, 2.75) is 115 Å². The number of ether oxygens (including phenoxy) is 2. The first kappa shape index (κ1) is 18.6. The van der Waals surface area contributed by atoms with E-state index < -0.39 is 0 Å². The average molecular weight is 341 g/mol. The lowest BCUT2D eigenvalue weighted by atomic mass is 9.85. The van der Waals surface area contributed by atoms with Crippen molar-refractivity contribution < 1.29 is 19.7 Å². The summed E-state index contributed by atoms with van der Waals surface area (Å²) in [5.41, 5.74) is 0. The van der Waals surface area contributed by atoms with Gasteiger partial charge in [-0.1, -0.05) is 13.8 Å². The average Bonchev–Trinajstić information content (AvgIpc) is 2.55. The second-order valence-electron chi connectivity index (χ2n) is 8.64. The van der Waals surface area contributed by atoms with Gasteiger partial charge in [0.25, 0.3) is 0 Å². The molecule has 0 aromatic heterocycles. The number of aliphatic hydroxyl groups excluding tert-OH is 2. The fraction of sp³-hybridized carbons (Fsp3) is 1.00. The molecule has 4 heteroatoms. The van der Waals surface area contributed by atoms with Gasteiger partial charge >= 0.3 is 0 Å². The van der Waals surface area contributed by atoms with Crippen LogP contribution in [0.3, 0.4) is 0 Å². The van der Waals surface area contributed by atoms with Gasteiger partial charge in [0.05, 0.1) is 36.6 Å². The lowest BCUT2D eigenvalue weighted by Crippen LogP contribution is -2.39. The third-order valence-electron chi connectivity index (χ3n) is 6.50. The number of hydrogen-bond donors (Lipinski definition) is 2. The van der Waals surface area contributed by atoms with Gasteiger partial charge in [-0.25, -0.2) is 0 Å². The van der Waals surface area contributed by atoms with Crippen LogP contribution in [0.1, 0.15) is 78.1 Å². The van der Waals surface area contributed by atoms with Gasteiger partial charge in [0, 0.05) is 0 Å². The lowest BCUT2D eigenvalue weighted by molar-refractivity contribution is -0.122. The van der Waals surface area contributed by atoms with Crippen molar-refractivity contribution >= 4 is 0 Å². The summed E-state index contributed by atoms with van der Waals surface area (Å²) in [4.78, 5) is 0. The molecule has 0 amide bonds. The highest BCUT2D eigenvalue weighted by atomic mass is 16.5. The van der Waals surface area contributed by atoms with Gasteiger partial charge < -0.3 is 19.7 Å². The molecule has 4 nitrogen and oxygen atoms in total. The van der Waals surface area contributed by atoms with Crippen molar-refractivity contribution in [1.29, 1.82) is 0 Å². The van der Waals surface area contributed by atoms with E-state index in [-0.39, 0.29) is 12.2 Å². The van der Waals surface area contributed by atoms with E-state index in [1.54, 1.807) is 0 Å². The summed E-state index contributed by atoms with van der Waals surface area (Å²) in [6, 6.07) is 0. The molecule has 8 unspecified atom stereocenters. The molecular formula is C20H36O4. The zero-order valence-electron chi connectivity index (χ0n) is 15.4. The largest absolute Gasteiger partial charge is 0.393 e. The first-order valence-corrected chi connectivity index (χ1v) is 10.2. The van der Waals surface area contributed by atoms with Gasteiger partial charge in [0.1, 0.15) is 0 Å². The molecule has 3 fully saturated rings. The van der Waals surface area contributed by atoms with Gasteiger partial charge in [0.15, 0.2) is 0 Å². The summed E-state index contributed by atoms with van der Waals surface area (Å²) >= 11 is 0. The van der Waals surface area contributed by atoms with E-state index in [0.717, 1.165) is 57.8 Å². The Balaban J connectivity index is 1.43. The summed E-state index contributed by atoms with van der Waals surface area (Å²) in [7, 11) is 0. The molecule has 3 aliphatic carbocycles. The Bertz CT molecular complexity index is 354. The minimum Gasteiger partial charge on any atom is -0.393 e. The quantitative estimate of drug-likeness (QED) is 0.823. The molecule has 0 aliphatic heterocycles. The van der Waals surface area contributed by atoms with E-state index in [4.69, 9.17) is 9.47 Å². The van der Waals surface area contributed by atoms with Crippen molar-refractivity contribution in [3.05, 3.63) is 0 Å². The van der Waals surface area contributed by atoms with Crippen LogP contribution in [-0.2, 0) is 9.47 Å². The van der Waals surface area contributed by atoms with Crippen LogP contribution in [0.25, 0.3) is 0 Å². The Labute approximate surface area is 146 Å². The molecule has 0 aromatic rings. The van der Waals surface area contributed by atoms with E-state index in [0.29, 0.717) is 36.3 Å². The van der Waals surface area contributed by atoms with Crippen molar-refractivity contribution in [3.63, 3.8) is 0 Å². The Kier molecular flexibility index (Phi) is 6.58.